The first-order valence-electron chi connectivity index (χ1n) is 6.75. The van der Waals surface area contributed by atoms with Crippen LogP contribution in [0.4, 0.5) is 0 Å². The van der Waals surface area contributed by atoms with Gasteiger partial charge < -0.3 is 35.3 Å². The van der Waals surface area contributed by atoms with Crippen molar-refractivity contribution in [1.29, 1.82) is 0 Å². The summed E-state index contributed by atoms with van der Waals surface area (Å²) >= 11 is 8.55. The van der Waals surface area contributed by atoms with E-state index in [9.17, 15) is 25.5 Å². The van der Waals surface area contributed by atoms with Gasteiger partial charge in [-0.3, -0.25) is 0 Å². The minimum Gasteiger partial charge on any atom is -0.385 e. The molecule has 126 valence electrons. The van der Waals surface area contributed by atoms with Crippen LogP contribution >= 0.6 is 27.5 Å². The number of aliphatic hydroxyl groups is 5. The van der Waals surface area contributed by atoms with Crippen LogP contribution in [0, 0.1) is 0 Å². The number of ether oxygens (including phenoxy) is 1. The Morgan fingerprint density at radius 2 is 1.91 bits per heavy atom. The Kier molecular flexibility index (Phi) is 4.23. The fourth-order valence-corrected chi connectivity index (χ4v) is 3.60. The summed E-state index contributed by atoms with van der Waals surface area (Å²) in [5, 5.41) is 52.1. The minimum atomic E-state index is -2.35. The van der Waals surface area contributed by atoms with Crippen LogP contribution in [0.3, 0.4) is 0 Å². The van der Waals surface area contributed by atoms with Crippen LogP contribution in [0.25, 0.3) is 10.9 Å². The van der Waals surface area contributed by atoms with Crippen molar-refractivity contribution in [3.63, 3.8) is 0 Å². The number of fused-ring (bicyclic) bond motifs is 1. The number of halogens is 2. The second-order valence-electron chi connectivity index (χ2n) is 5.46. The van der Waals surface area contributed by atoms with Crippen molar-refractivity contribution in [2.45, 2.75) is 34.2 Å². The zero-order valence-electron chi connectivity index (χ0n) is 11.6. The molecule has 1 aliphatic rings. The molecule has 6 atom stereocenters. The summed E-state index contributed by atoms with van der Waals surface area (Å²) in [6, 6.07) is 6.91. The van der Waals surface area contributed by atoms with E-state index < -0.39 is 34.2 Å². The molecule has 0 aliphatic carbocycles. The van der Waals surface area contributed by atoms with E-state index in [0.717, 1.165) is 0 Å². The quantitative estimate of drug-likeness (QED) is 0.391. The second kappa shape index (κ2) is 5.68. The topological polar surface area (TPSA) is 126 Å². The van der Waals surface area contributed by atoms with Crippen molar-refractivity contribution >= 4 is 38.4 Å². The SMILES string of the molecule is OC(Cl)[C@@]1(Br)O[C@@H](O)[C@H](O)[C@](O)(c2c[nH]c3ccccc23)[C@H]1O. The van der Waals surface area contributed by atoms with Crippen LogP contribution in [0.5, 0.6) is 0 Å². The lowest BCUT2D eigenvalue weighted by atomic mass is 9.78. The molecule has 1 aromatic heterocycles. The third kappa shape index (κ3) is 2.33. The Balaban J connectivity index is 2.20. The molecule has 9 heteroatoms. The maximum Gasteiger partial charge on any atom is 0.194 e. The van der Waals surface area contributed by atoms with E-state index in [1.807, 2.05) is 0 Å². The summed E-state index contributed by atoms with van der Waals surface area (Å²) in [5.41, 5.74) is -3.37. The Bertz CT molecular complexity index is 726. The first-order valence-corrected chi connectivity index (χ1v) is 7.98. The van der Waals surface area contributed by atoms with Gasteiger partial charge in [-0.2, -0.15) is 0 Å². The summed E-state index contributed by atoms with van der Waals surface area (Å²) in [6.07, 6.45) is -4.26. The molecule has 6 N–H and O–H groups in total. The number of nitrogens with one attached hydrogen (secondary N) is 1. The molecule has 3 rings (SSSR count). The van der Waals surface area contributed by atoms with Gasteiger partial charge in [0.15, 0.2) is 22.0 Å². The van der Waals surface area contributed by atoms with Crippen molar-refractivity contribution in [3.05, 3.63) is 36.0 Å². The third-order valence-corrected chi connectivity index (χ3v) is 5.80. The maximum absolute atomic E-state index is 11.1. The molecule has 2 aromatic rings. The van der Waals surface area contributed by atoms with Crippen molar-refractivity contribution in [3.8, 4) is 0 Å². The summed E-state index contributed by atoms with van der Waals surface area (Å²) in [6.45, 7) is 0. The van der Waals surface area contributed by atoms with E-state index in [4.69, 9.17) is 16.3 Å². The second-order valence-corrected chi connectivity index (χ2v) is 7.12. The average molecular weight is 409 g/mol. The summed E-state index contributed by atoms with van der Waals surface area (Å²) in [5.74, 6) is 0. The van der Waals surface area contributed by atoms with Gasteiger partial charge in [-0.25, -0.2) is 0 Å². The van der Waals surface area contributed by atoms with E-state index in [-0.39, 0.29) is 5.56 Å². The monoisotopic (exact) mass is 407 g/mol. The maximum atomic E-state index is 11.1. The molecule has 7 nitrogen and oxygen atoms in total. The van der Waals surface area contributed by atoms with Crippen LogP contribution in [-0.2, 0) is 10.3 Å². The number of aliphatic hydroxyl groups excluding tert-OH is 4. The fraction of sp³-hybridized carbons (Fsp3) is 0.429. The van der Waals surface area contributed by atoms with Crippen LogP contribution < -0.4 is 0 Å². The zero-order valence-corrected chi connectivity index (χ0v) is 13.9. The number of aromatic amines is 1. The normalized spacial score (nSPS) is 39.5. The Morgan fingerprint density at radius 1 is 1.26 bits per heavy atom. The first kappa shape index (κ1) is 17.1. The highest BCUT2D eigenvalue weighted by atomic mass is 79.9. The van der Waals surface area contributed by atoms with Gasteiger partial charge in [0.1, 0.15) is 12.2 Å². The highest BCUT2D eigenvalue weighted by Gasteiger charge is 2.64. The first-order chi connectivity index (χ1) is 10.7. The van der Waals surface area contributed by atoms with Gasteiger partial charge in [-0.05, 0) is 22.0 Å². The van der Waals surface area contributed by atoms with Gasteiger partial charge in [0.2, 0.25) is 0 Å². The molecule has 1 saturated heterocycles. The molecule has 2 heterocycles. The molecule has 1 fully saturated rings. The third-order valence-electron chi connectivity index (χ3n) is 4.16. The molecule has 1 aliphatic heterocycles. The van der Waals surface area contributed by atoms with Crippen molar-refractivity contribution < 1.29 is 30.3 Å². The number of para-hydroxylation sites is 1. The lowest BCUT2D eigenvalue weighted by Crippen LogP contribution is -2.70. The molecule has 1 aromatic carbocycles. The van der Waals surface area contributed by atoms with Crippen LogP contribution in [0.2, 0.25) is 0 Å². The molecule has 0 radical (unpaired) electrons. The fourth-order valence-electron chi connectivity index (χ4n) is 2.89. The zero-order chi connectivity index (χ0) is 17.0. The standard InChI is InChI=1S/C14H15BrClNO6/c15-14(12(16)21)11(20)13(22,9(18)10(19)23-14)7-5-17-8-4-2-1-3-6(7)8/h1-5,9-12,17-22H/t9-,10+,11+,12?,13+,14-/m0/s1. The summed E-state index contributed by atoms with van der Waals surface area (Å²) in [7, 11) is 0. The molecule has 0 amide bonds. The number of rotatable bonds is 2. The molecule has 0 bridgehead atoms. The summed E-state index contributed by atoms with van der Waals surface area (Å²) < 4.78 is 2.90. The van der Waals surface area contributed by atoms with Gasteiger partial charge in [-0.1, -0.05) is 29.8 Å². The number of hydrogen-bond donors (Lipinski definition) is 6. The number of alkyl halides is 2. The number of H-pyrrole nitrogens is 1. The highest BCUT2D eigenvalue weighted by Crippen LogP contribution is 2.48. The van der Waals surface area contributed by atoms with Gasteiger partial charge in [0, 0.05) is 22.7 Å². The Labute approximate surface area is 144 Å². The van der Waals surface area contributed by atoms with Gasteiger partial charge in [-0.15, -0.1) is 0 Å². The van der Waals surface area contributed by atoms with Crippen LogP contribution in [0.1, 0.15) is 5.56 Å². The molecule has 0 spiro atoms. The predicted molar refractivity (Wildman–Crippen MR) is 84.8 cm³/mol. The van der Waals surface area contributed by atoms with E-state index in [1.165, 1.54) is 6.20 Å². The largest absolute Gasteiger partial charge is 0.385 e. The highest BCUT2D eigenvalue weighted by molar-refractivity contribution is 9.10. The lowest BCUT2D eigenvalue weighted by Gasteiger charge is -2.51. The van der Waals surface area contributed by atoms with Crippen molar-refractivity contribution in [1.82, 2.24) is 4.98 Å². The summed E-state index contributed by atoms with van der Waals surface area (Å²) in [4.78, 5) is 2.91. The van der Waals surface area contributed by atoms with E-state index in [1.54, 1.807) is 24.3 Å². The van der Waals surface area contributed by atoms with Crippen LogP contribution in [0.15, 0.2) is 30.5 Å². The molecular weight excluding hydrogens is 394 g/mol. The molecule has 0 saturated carbocycles. The van der Waals surface area contributed by atoms with Crippen molar-refractivity contribution in [2.24, 2.45) is 0 Å². The molecular formula is C14H15BrClNO6. The van der Waals surface area contributed by atoms with E-state index in [2.05, 4.69) is 20.9 Å². The number of hydrogen-bond acceptors (Lipinski definition) is 6. The van der Waals surface area contributed by atoms with E-state index >= 15 is 0 Å². The van der Waals surface area contributed by atoms with Crippen LogP contribution in [-0.4, -0.2) is 59.1 Å². The lowest BCUT2D eigenvalue weighted by molar-refractivity contribution is -0.337. The Hall–Kier alpha value is -0.710. The van der Waals surface area contributed by atoms with E-state index in [0.29, 0.717) is 10.9 Å². The van der Waals surface area contributed by atoms with Gasteiger partial charge in [0.05, 0.1) is 0 Å². The average Bonchev–Trinajstić information content (AvgIpc) is 2.95. The predicted octanol–water partition coefficient (Wildman–Crippen LogP) is 0.0743. The molecule has 23 heavy (non-hydrogen) atoms. The Morgan fingerprint density at radius 3 is 2.57 bits per heavy atom. The smallest absolute Gasteiger partial charge is 0.194 e. The number of benzene rings is 1. The van der Waals surface area contributed by atoms with Gasteiger partial charge in [0.25, 0.3) is 0 Å². The number of aromatic nitrogens is 1. The minimum absolute atomic E-state index is 0.136. The molecule has 1 unspecified atom stereocenters. The van der Waals surface area contributed by atoms with Gasteiger partial charge >= 0.3 is 0 Å². The van der Waals surface area contributed by atoms with Crippen molar-refractivity contribution in [2.75, 3.05) is 0 Å².